The number of aromatic nitrogens is 2. The van der Waals surface area contributed by atoms with E-state index in [4.69, 9.17) is 0 Å². The monoisotopic (exact) mass is 366 g/mol. The fourth-order valence-electron chi connectivity index (χ4n) is 2.88. The first-order valence-corrected chi connectivity index (χ1v) is 9.49. The van der Waals surface area contributed by atoms with Gasteiger partial charge in [-0.1, -0.05) is 36.4 Å². The molecule has 0 radical (unpaired) electrons. The summed E-state index contributed by atoms with van der Waals surface area (Å²) in [6.45, 7) is 0. The summed E-state index contributed by atoms with van der Waals surface area (Å²) in [5.41, 5.74) is 3.81. The topological polar surface area (TPSA) is 66.0 Å². The molecule has 4 aromatic rings. The van der Waals surface area contributed by atoms with Gasteiger partial charge in [0.05, 0.1) is 11.0 Å². The maximum Gasteiger partial charge on any atom is 0.190 e. The highest BCUT2D eigenvalue weighted by Crippen LogP contribution is 2.28. The van der Waals surface area contributed by atoms with E-state index in [0.717, 1.165) is 16.0 Å². The number of rotatable bonds is 3. The van der Waals surface area contributed by atoms with Crippen molar-refractivity contribution in [3.8, 4) is 28.3 Å². The minimum absolute atomic E-state index is 0.0455. The van der Waals surface area contributed by atoms with Crippen molar-refractivity contribution in [3.63, 3.8) is 0 Å². The molecule has 6 heteroatoms. The van der Waals surface area contributed by atoms with Gasteiger partial charge in [-0.15, -0.1) is 0 Å². The molecule has 0 saturated heterocycles. The lowest BCUT2D eigenvalue weighted by atomic mass is 10.0. The largest absolute Gasteiger partial charge is 0.495 e. The van der Waals surface area contributed by atoms with Crippen molar-refractivity contribution in [2.24, 2.45) is 0 Å². The van der Waals surface area contributed by atoms with E-state index in [9.17, 15) is 13.7 Å². The average molecular weight is 366 g/mol. The molecule has 130 valence electrons. The van der Waals surface area contributed by atoms with Crippen LogP contribution < -0.4 is 0 Å². The molecule has 0 aliphatic heterocycles. The number of H-pyrrole nitrogens is 1. The molecule has 0 saturated carbocycles. The van der Waals surface area contributed by atoms with E-state index in [2.05, 4.69) is 9.97 Å². The second-order valence-corrected chi connectivity index (χ2v) is 7.34. The fourth-order valence-corrected chi connectivity index (χ4v) is 3.40. The van der Waals surface area contributed by atoms with Gasteiger partial charge in [-0.25, -0.2) is 9.37 Å². The molecule has 4 rings (SSSR count). The summed E-state index contributed by atoms with van der Waals surface area (Å²) in [5.74, 6) is -0.502. The third-order valence-corrected chi connectivity index (χ3v) is 5.16. The zero-order chi connectivity index (χ0) is 18.3. The molecule has 0 bridgehead atoms. The van der Waals surface area contributed by atoms with Gasteiger partial charge in [-0.05, 0) is 23.3 Å². The van der Waals surface area contributed by atoms with E-state index < -0.39 is 16.6 Å². The quantitative estimate of drug-likeness (QED) is 0.562. The van der Waals surface area contributed by atoms with Crippen LogP contribution >= 0.6 is 0 Å². The second-order valence-electron chi connectivity index (χ2n) is 5.96. The van der Waals surface area contributed by atoms with Crippen LogP contribution in [0.5, 0.6) is 5.88 Å². The Labute approximate surface area is 151 Å². The first-order chi connectivity index (χ1) is 12.5. The SMILES string of the molecule is CS(=O)c1ccc(-c2ccc(-c3nc4cc(O)[nH]c4cc3F)cc2)cc1. The van der Waals surface area contributed by atoms with E-state index in [0.29, 0.717) is 16.6 Å². The molecule has 2 heterocycles. The van der Waals surface area contributed by atoms with Crippen LogP contribution in [0, 0.1) is 5.82 Å². The lowest BCUT2D eigenvalue weighted by molar-refractivity contribution is 0.458. The van der Waals surface area contributed by atoms with E-state index in [1.54, 1.807) is 6.26 Å². The van der Waals surface area contributed by atoms with Gasteiger partial charge in [0.25, 0.3) is 0 Å². The molecule has 2 N–H and O–H groups in total. The molecular formula is C20H15FN2O2S. The van der Waals surface area contributed by atoms with Crippen molar-refractivity contribution >= 4 is 21.8 Å². The number of hydrogen-bond acceptors (Lipinski definition) is 3. The summed E-state index contributed by atoms with van der Waals surface area (Å²) in [4.78, 5) is 7.73. The first-order valence-electron chi connectivity index (χ1n) is 7.94. The predicted octanol–water partition coefficient (Wildman–Crippen LogP) is 4.48. The highest BCUT2D eigenvalue weighted by atomic mass is 32.2. The van der Waals surface area contributed by atoms with Crippen LogP contribution in [0.25, 0.3) is 33.4 Å². The third kappa shape index (κ3) is 2.99. The molecule has 0 amide bonds. The second kappa shape index (κ2) is 6.38. The van der Waals surface area contributed by atoms with Crippen LogP contribution in [0.15, 0.2) is 65.6 Å². The van der Waals surface area contributed by atoms with Crippen molar-refractivity contribution in [3.05, 3.63) is 66.5 Å². The Balaban J connectivity index is 1.69. The third-order valence-electron chi connectivity index (χ3n) is 4.22. The number of aromatic hydroxyl groups is 1. The number of halogens is 1. The van der Waals surface area contributed by atoms with Crippen LogP contribution in [0.3, 0.4) is 0 Å². The first kappa shape index (κ1) is 16.5. The van der Waals surface area contributed by atoms with Crippen LogP contribution in [0.4, 0.5) is 4.39 Å². The highest BCUT2D eigenvalue weighted by molar-refractivity contribution is 7.84. The number of fused-ring (bicyclic) bond motifs is 1. The van der Waals surface area contributed by atoms with E-state index in [-0.39, 0.29) is 11.6 Å². The summed E-state index contributed by atoms with van der Waals surface area (Å²) < 4.78 is 25.8. The normalized spacial score (nSPS) is 12.4. The van der Waals surface area contributed by atoms with Crippen LogP contribution in [-0.4, -0.2) is 25.5 Å². The Morgan fingerprint density at radius 3 is 2.15 bits per heavy atom. The van der Waals surface area contributed by atoms with E-state index >= 15 is 0 Å². The molecular weight excluding hydrogens is 351 g/mol. The van der Waals surface area contributed by atoms with Gasteiger partial charge < -0.3 is 10.1 Å². The van der Waals surface area contributed by atoms with Gasteiger partial charge in [-0.2, -0.15) is 0 Å². The molecule has 0 aliphatic carbocycles. The zero-order valence-corrected chi connectivity index (χ0v) is 14.7. The van der Waals surface area contributed by atoms with Gasteiger partial charge in [0, 0.05) is 39.6 Å². The minimum atomic E-state index is -1.01. The summed E-state index contributed by atoms with van der Waals surface area (Å²) in [5, 5.41) is 9.49. The summed E-state index contributed by atoms with van der Waals surface area (Å²) in [6.07, 6.45) is 1.65. The summed E-state index contributed by atoms with van der Waals surface area (Å²) in [6, 6.07) is 17.7. The Hall–Kier alpha value is -2.99. The van der Waals surface area contributed by atoms with E-state index in [1.165, 1.54) is 12.1 Å². The van der Waals surface area contributed by atoms with Gasteiger partial charge in [0.1, 0.15) is 5.69 Å². The van der Waals surface area contributed by atoms with Crippen LogP contribution in [0.2, 0.25) is 0 Å². The Morgan fingerprint density at radius 2 is 1.54 bits per heavy atom. The van der Waals surface area contributed by atoms with Gasteiger partial charge in [0.2, 0.25) is 0 Å². The van der Waals surface area contributed by atoms with Crippen molar-refractivity contribution < 1.29 is 13.7 Å². The standard InChI is InChI=1S/C20H15FN2O2S/c1-26(25)15-8-6-13(7-9-15)12-2-4-14(5-3-12)20-16(21)10-17-18(23-20)11-19(24)22-17/h2-11,22,24H,1H3. The molecule has 2 aromatic carbocycles. The Kier molecular flexibility index (Phi) is 4.05. The van der Waals surface area contributed by atoms with Gasteiger partial charge in [0.15, 0.2) is 11.7 Å². The van der Waals surface area contributed by atoms with E-state index in [1.807, 2.05) is 48.5 Å². The van der Waals surface area contributed by atoms with Crippen molar-refractivity contribution in [1.82, 2.24) is 9.97 Å². The van der Waals surface area contributed by atoms with Crippen LogP contribution in [0.1, 0.15) is 0 Å². The fraction of sp³-hybridized carbons (Fsp3) is 0.0500. The minimum Gasteiger partial charge on any atom is -0.495 e. The molecule has 1 unspecified atom stereocenters. The van der Waals surface area contributed by atoms with Gasteiger partial charge >= 0.3 is 0 Å². The average Bonchev–Trinajstić information content (AvgIpc) is 3.00. The number of hydrogen-bond donors (Lipinski definition) is 2. The van der Waals surface area contributed by atoms with Crippen molar-refractivity contribution in [2.75, 3.05) is 6.26 Å². The zero-order valence-electron chi connectivity index (χ0n) is 13.9. The highest BCUT2D eigenvalue weighted by Gasteiger charge is 2.11. The summed E-state index contributed by atoms with van der Waals surface area (Å²) in [7, 11) is -1.01. The number of aromatic amines is 1. The molecule has 2 aromatic heterocycles. The van der Waals surface area contributed by atoms with Crippen molar-refractivity contribution in [2.45, 2.75) is 4.90 Å². The Morgan fingerprint density at radius 1 is 0.962 bits per heavy atom. The lowest BCUT2D eigenvalue weighted by Gasteiger charge is -2.06. The predicted molar refractivity (Wildman–Crippen MR) is 101 cm³/mol. The number of nitrogens with zero attached hydrogens (tertiary/aromatic N) is 1. The van der Waals surface area contributed by atoms with Crippen LogP contribution in [-0.2, 0) is 10.8 Å². The summed E-state index contributed by atoms with van der Waals surface area (Å²) >= 11 is 0. The maximum absolute atomic E-state index is 14.4. The molecule has 0 spiro atoms. The molecule has 0 fully saturated rings. The number of benzene rings is 2. The van der Waals surface area contributed by atoms with Gasteiger partial charge in [-0.3, -0.25) is 4.21 Å². The molecule has 1 atom stereocenters. The Bertz CT molecular complexity index is 1120. The lowest BCUT2D eigenvalue weighted by Crippen LogP contribution is -1.90. The molecule has 4 nitrogen and oxygen atoms in total. The molecule has 0 aliphatic rings. The van der Waals surface area contributed by atoms with Crippen molar-refractivity contribution in [1.29, 1.82) is 0 Å². The maximum atomic E-state index is 14.4. The molecule has 26 heavy (non-hydrogen) atoms. The number of nitrogens with one attached hydrogen (secondary N) is 1. The number of pyridine rings is 1. The smallest absolute Gasteiger partial charge is 0.190 e.